The molecule has 1 atom stereocenters. The van der Waals surface area contributed by atoms with Crippen molar-refractivity contribution in [2.24, 2.45) is 5.92 Å². The Balaban J connectivity index is 1.78. The summed E-state index contributed by atoms with van der Waals surface area (Å²) in [7, 11) is 1.71. The fourth-order valence-electron chi connectivity index (χ4n) is 2.69. The molecule has 0 aromatic carbocycles. The number of hydrogen-bond donors (Lipinski definition) is 1. The Hall–Kier alpha value is -0.980. The van der Waals surface area contributed by atoms with Gasteiger partial charge in [-0.15, -0.1) is 0 Å². The van der Waals surface area contributed by atoms with Crippen molar-refractivity contribution in [2.75, 3.05) is 33.4 Å². The van der Waals surface area contributed by atoms with Crippen LogP contribution in [0.3, 0.4) is 0 Å². The van der Waals surface area contributed by atoms with E-state index < -0.39 is 5.60 Å². The number of ether oxygens (including phenoxy) is 2. The van der Waals surface area contributed by atoms with E-state index >= 15 is 0 Å². The molecule has 1 aromatic heterocycles. The molecule has 106 valence electrons. The van der Waals surface area contributed by atoms with Crippen LogP contribution in [0.5, 0.6) is 0 Å². The Morgan fingerprint density at radius 2 is 2.11 bits per heavy atom. The van der Waals surface area contributed by atoms with Crippen LogP contribution in [-0.4, -0.2) is 43.6 Å². The van der Waals surface area contributed by atoms with Gasteiger partial charge in [0.15, 0.2) is 0 Å². The number of nitrogens with zero attached hydrogens (tertiary/aromatic N) is 2. The molecule has 2 saturated heterocycles. The minimum Gasteiger partial charge on any atom is -0.381 e. The van der Waals surface area contributed by atoms with Gasteiger partial charge in [-0.2, -0.15) is 4.98 Å². The van der Waals surface area contributed by atoms with E-state index in [9.17, 15) is 0 Å². The number of rotatable bonds is 4. The second-order valence-corrected chi connectivity index (χ2v) is 5.47. The van der Waals surface area contributed by atoms with E-state index in [-0.39, 0.29) is 0 Å². The first kappa shape index (κ1) is 13.0. The van der Waals surface area contributed by atoms with Gasteiger partial charge in [0.1, 0.15) is 5.60 Å². The van der Waals surface area contributed by atoms with Crippen LogP contribution in [0.4, 0.5) is 0 Å². The zero-order chi connectivity index (χ0) is 13.3. The van der Waals surface area contributed by atoms with Crippen LogP contribution in [-0.2, 0) is 15.1 Å². The Bertz CT molecular complexity index is 425. The second-order valence-electron chi connectivity index (χ2n) is 5.47. The van der Waals surface area contributed by atoms with E-state index in [1.165, 1.54) is 0 Å². The van der Waals surface area contributed by atoms with E-state index in [4.69, 9.17) is 14.0 Å². The Kier molecular flexibility index (Phi) is 3.56. The highest BCUT2D eigenvalue weighted by molar-refractivity contribution is 5.06. The molecule has 3 heterocycles. The lowest BCUT2D eigenvalue weighted by Crippen LogP contribution is -2.44. The monoisotopic (exact) mass is 267 g/mol. The fraction of sp³-hybridized carbons (Fsp3) is 0.846. The Morgan fingerprint density at radius 1 is 1.37 bits per heavy atom. The Labute approximate surface area is 112 Å². The summed E-state index contributed by atoms with van der Waals surface area (Å²) in [6, 6.07) is 0. The first-order valence-electron chi connectivity index (χ1n) is 6.93. The molecule has 6 heteroatoms. The van der Waals surface area contributed by atoms with Gasteiger partial charge in [-0.05, 0) is 19.0 Å². The van der Waals surface area contributed by atoms with E-state index in [1.54, 1.807) is 7.11 Å². The van der Waals surface area contributed by atoms with Crippen molar-refractivity contribution in [1.29, 1.82) is 0 Å². The molecule has 1 N–H and O–H groups in total. The standard InChI is InChI=1S/C13H21N3O3/c1-9(10-7-14-8-10)11-15-12(16-19-11)13(17-2)3-5-18-6-4-13/h9-10,14H,3-8H2,1-2H3. The van der Waals surface area contributed by atoms with Crippen molar-refractivity contribution in [3.8, 4) is 0 Å². The quantitative estimate of drug-likeness (QED) is 0.879. The van der Waals surface area contributed by atoms with Crippen LogP contribution in [0.1, 0.15) is 37.4 Å². The molecule has 0 aliphatic carbocycles. The van der Waals surface area contributed by atoms with Crippen molar-refractivity contribution in [2.45, 2.75) is 31.3 Å². The van der Waals surface area contributed by atoms with Crippen LogP contribution in [0.25, 0.3) is 0 Å². The lowest BCUT2D eigenvalue weighted by atomic mass is 9.88. The number of methoxy groups -OCH3 is 1. The SMILES string of the molecule is COC1(c2noc(C(C)C3CNC3)n2)CCOCC1. The van der Waals surface area contributed by atoms with Crippen LogP contribution >= 0.6 is 0 Å². The Morgan fingerprint density at radius 3 is 2.68 bits per heavy atom. The lowest BCUT2D eigenvalue weighted by molar-refractivity contribution is -0.101. The van der Waals surface area contributed by atoms with Gasteiger partial charge in [-0.25, -0.2) is 0 Å². The number of aromatic nitrogens is 2. The van der Waals surface area contributed by atoms with Gasteiger partial charge in [-0.3, -0.25) is 0 Å². The molecule has 2 aliphatic heterocycles. The molecule has 3 rings (SSSR count). The lowest BCUT2D eigenvalue weighted by Gasteiger charge is -2.33. The van der Waals surface area contributed by atoms with Gasteiger partial charge in [0.25, 0.3) is 0 Å². The summed E-state index contributed by atoms with van der Waals surface area (Å²) in [5.74, 6) is 2.30. The normalized spacial score (nSPS) is 24.9. The van der Waals surface area contributed by atoms with Crippen molar-refractivity contribution >= 4 is 0 Å². The van der Waals surface area contributed by atoms with E-state index in [0.29, 0.717) is 30.9 Å². The molecule has 0 spiro atoms. The van der Waals surface area contributed by atoms with Crippen LogP contribution in [0.15, 0.2) is 4.52 Å². The predicted molar refractivity (Wildman–Crippen MR) is 67.8 cm³/mol. The molecular weight excluding hydrogens is 246 g/mol. The summed E-state index contributed by atoms with van der Waals surface area (Å²) in [5, 5.41) is 7.43. The van der Waals surface area contributed by atoms with Crippen molar-refractivity contribution < 1.29 is 14.0 Å². The van der Waals surface area contributed by atoms with E-state index in [1.807, 2.05) is 0 Å². The van der Waals surface area contributed by atoms with Gasteiger partial charge < -0.3 is 19.3 Å². The molecule has 0 saturated carbocycles. The van der Waals surface area contributed by atoms with E-state index in [0.717, 1.165) is 31.8 Å². The molecule has 2 fully saturated rings. The summed E-state index contributed by atoms with van der Waals surface area (Å²) >= 11 is 0. The molecule has 6 nitrogen and oxygen atoms in total. The molecule has 1 aromatic rings. The maximum absolute atomic E-state index is 5.68. The molecule has 0 amide bonds. The highest BCUT2D eigenvalue weighted by Gasteiger charge is 2.40. The molecule has 2 aliphatic rings. The summed E-state index contributed by atoms with van der Waals surface area (Å²) < 4.78 is 16.5. The first-order chi connectivity index (χ1) is 9.25. The predicted octanol–water partition coefficient (Wildman–Crippen LogP) is 1.04. The highest BCUT2D eigenvalue weighted by atomic mass is 16.5. The fourth-order valence-corrected chi connectivity index (χ4v) is 2.69. The average molecular weight is 267 g/mol. The summed E-state index contributed by atoms with van der Waals surface area (Å²) in [4.78, 5) is 4.59. The number of hydrogen-bond acceptors (Lipinski definition) is 6. The molecule has 0 radical (unpaired) electrons. The van der Waals surface area contributed by atoms with Crippen molar-refractivity contribution in [3.05, 3.63) is 11.7 Å². The van der Waals surface area contributed by atoms with Crippen LogP contribution in [0, 0.1) is 5.92 Å². The van der Waals surface area contributed by atoms with Crippen molar-refractivity contribution in [1.82, 2.24) is 15.5 Å². The second kappa shape index (κ2) is 5.19. The molecular formula is C13H21N3O3. The molecule has 1 unspecified atom stereocenters. The largest absolute Gasteiger partial charge is 0.381 e. The zero-order valence-electron chi connectivity index (χ0n) is 11.5. The molecule has 0 bridgehead atoms. The summed E-state index contributed by atoms with van der Waals surface area (Å²) in [6.45, 7) is 5.57. The zero-order valence-corrected chi connectivity index (χ0v) is 11.5. The van der Waals surface area contributed by atoms with Gasteiger partial charge in [0, 0.05) is 39.1 Å². The maximum Gasteiger partial charge on any atom is 0.229 e. The van der Waals surface area contributed by atoms with Gasteiger partial charge in [0.2, 0.25) is 11.7 Å². The van der Waals surface area contributed by atoms with Gasteiger partial charge in [-0.1, -0.05) is 12.1 Å². The maximum atomic E-state index is 5.68. The first-order valence-corrected chi connectivity index (χ1v) is 6.93. The molecule has 19 heavy (non-hydrogen) atoms. The third-order valence-electron chi connectivity index (χ3n) is 4.45. The minimum atomic E-state index is -0.433. The van der Waals surface area contributed by atoms with Crippen LogP contribution in [0.2, 0.25) is 0 Å². The summed E-state index contributed by atoms with van der Waals surface area (Å²) in [5.41, 5.74) is -0.433. The van der Waals surface area contributed by atoms with Gasteiger partial charge in [0.05, 0.1) is 0 Å². The average Bonchev–Trinajstić information content (AvgIpc) is 2.87. The smallest absolute Gasteiger partial charge is 0.229 e. The number of nitrogens with one attached hydrogen (secondary N) is 1. The van der Waals surface area contributed by atoms with E-state index in [2.05, 4.69) is 22.4 Å². The highest BCUT2D eigenvalue weighted by Crippen LogP contribution is 2.35. The minimum absolute atomic E-state index is 0.302. The topological polar surface area (TPSA) is 69.4 Å². The van der Waals surface area contributed by atoms with Crippen molar-refractivity contribution in [3.63, 3.8) is 0 Å². The van der Waals surface area contributed by atoms with Crippen LogP contribution < -0.4 is 5.32 Å². The summed E-state index contributed by atoms with van der Waals surface area (Å²) in [6.07, 6.45) is 1.56. The third-order valence-corrected chi connectivity index (χ3v) is 4.45. The third kappa shape index (κ3) is 2.28. The van der Waals surface area contributed by atoms with Gasteiger partial charge >= 0.3 is 0 Å².